The molecule has 5 heteroatoms. The number of nitrogens with zero attached hydrogens (tertiary/aromatic N) is 4. The monoisotopic (exact) mass is 322 g/mol. The fourth-order valence-corrected chi connectivity index (χ4v) is 3.49. The van der Waals surface area contributed by atoms with Gasteiger partial charge in [0.25, 0.3) is 0 Å². The highest BCUT2D eigenvalue weighted by molar-refractivity contribution is 5.73. The number of anilines is 1. The number of ether oxygens (including phenoxy) is 1. The van der Waals surface area contributed by atoms with Gasteiger partial charge in [-0.2, -0.15) is 0 Å². The Labute approximate surface area is 141 Å². The van der Waals surface area contributed by atoms with Crippen LogP contribution in [0, 0.1) is 5.92 Å². The molecule has 1 saturated heterocycles. The fourth-order valence-electron chi connectivity index (χ4n) is 3.49. The minimum Gasteiger partial charge on any atom is -0.374 e. The number of benzene rings is 2. The number of hydrogen-bond donors (Lipinski definition) is 0. The molecule has 1 aliphatic heterocycles. The summed E-state index contributed by atoms with van der Waals surface area (Å²) < 4.78 is 8.07. The first-order valence-corrected chi connectivity index (χ1v) is 8.50. The third-order valence-electron chi connectivity index (χ3n) is 4.73. The zero-order valence-corrected chi connectivity index (χ0v) is 13.9. The minimum atomic E-state index is -0.0580. The van der Waals surface area contributed by atoms with Crippen LogP contribution in [0.15, 0.2) is 54.6 Å². The summed E-state index contributed by atoms with van der Waals surface area (Å²) in [4.78, 5) is 2.30. The first-order chi connectivity index (χ1) is 11.8. The zero-order chi connectivity index (χ0) is 16.4. The lowest BCUT2D eigenvalue weighted by molar-refractivity contribution is -0.0762. The number of hydrogen-bond acceptors (Lipinski definition) is 4. The van der Waals surface area contributed by atoms with Crippen molar-refractivity contribution < 1.29 is 4.74 Å². The molecule has 1 aromatic heterocycles. The Kier molecular flexibility index (Phi) is 4.17. The molecule has 0 bridgehead atoms. The van der Waals surface area contributed by atoms with Crippen molar-refractivity contribution in [1.29, 1.82) is 0 Å². The average Bonchev–Trinajstić information content (AvgIpc) is 3.07. The largest absolute Gasteiger partial charge is 0.374 e. The molecule has 0 N–H and O–H groups in total. The fraction of sp³-hybridized carbons (Fsp3) is 0.368. The first kappa shape index (κ1) is 15.1. The van der Waals surface area contributed by atoms with Gasteiger partial charge in [-0.05, 0) is 37.1 Å². The highest BCUT2D eigenvalue weighted by Crippen LogP contribution is 2.32. The van der Waals surface area contributed by atoms with Crippen molar-refractivity contribution in [3.05, 3.63) is 54.6 Å². The van der Waals surface area contributed by atoms with E-state index in [1.165, 1.54) is 5.69 Å². The van der Waals surface area contributed by atoms with Gasteiger partial charge < -0.3 is 9.64 Å². The Balaban J connectivity index is 1.59. The van der Waals surface area contributed by atoms with Gasteiger partial charge in [0.1, 0.15) is 5.52 Å². The van der Waals surface area contributed by atoms with Gasteiger partial charge in [-0.1, -0.05) is 35.5 Å². The van der Waals surface area contributed by atoms with Crippen LogP contribution >= 0.6 is 0 Å². The molecule has 0 saturated carbocycles. The summed E-state index contributed by atoms with van der Waals surface area (Å²) in [6, 6.07) is 18.5. The normalized spacial score (nSPS) is 21.0. The molecular formula is C19H22N4O. The molecule has 4 rings (SSSR count). The van der Waals surface area contributed by atoms with E-state index >= 15 is 0 Å². The number of aromatic nitrogens is 3. The van der Waals surface area contributed by atoms with Gasteiger partial charge in [-0.3, -0.25) is 0 Å². The van der Waals surface area contributed by atoms with Gasteiger partial charge in [0.2, 0.25) is 0 Å². The molecule has 1 aliphatic rings. The van der Waals surface area contributed by atoms with E-state index in [1.807, 2.05) is 28.9 Å². The van der Waals surface area contributed by atoms with E-state index in [0.717, 1.165) is 37.0 Å². The second-order valence-electron chi connectivity index (χ2n) is 6.40. The molecule has 1 fully saturated rings. The average molecular weight is 322 g/mol. The molecule has 2 heterocycles. The Bertz CT molecular complexity index is 801. The highest BCUT2D eigenvalue weighted by Gasteiger charge is 2.30. The summed E-state index contributed by atoms with van der Waals surface area (Å²) in [5.74, 6) is 0.383. The van der Waals surface area contributed by atoms with Crippen LogP contribution in [-0.4, -0.2) is 35.2 Å². The van der Waals surface area contributed by atoms with E-state index < -0.39 is 0 Å². The van der Waals surface area contributed by atoms with Crippen molar-refractivity contribution in [3.8, 4) is 0 Å². The smallest absolute Gasteiger partial charge is 0.157 e. The van der Waals surface area contributed by atoms with E-state index in [9.17, 15) is 0 Å². The molecule has 0 amide bonds. The maximum absolute atomic E-state index is 6.11. The number of rotatable bonds is 4. The molecule has 0 radical (unpaired) electrons. The molecule has 124 valence electrons. The van der Waals surface area contributed by atoms with Gasteiger partial charge >= 0.3 is 0 Å². The molecule has 3 aromatic rings. The van der Waals surface area contributed by atoms with E-state index in [2.05, 4.69) is 52.6 Å². The molecular weight excluding hydrogens is 300 g/mol. The summed E-state index contributed by atoms with van der Waals surface area (Å²) in [5.41, 5.74) is 3.18. The van der Waals surface area contributed by atoms with Crippen molar-refractivity contribution >= 4 is 16.7 Å². The standard InChI is InChI=1S/C19H22N4O/c1-22(16-9-3-2-4-10-16)14-15-8-7-13-24-19(15)23-18-12-6-5-11-17(18)20-21-23/h2-6,9-12,15,19H,7-8,13-14H2,1H3/t15-,19+/m1/s1. The summed E-state index contributed by atoms with van der Waals surface area (Å²) in [5, 5.41) is 8.66. The first-order valence-electron chi connectivity index (χ1n) is 8.50. The van der Waals surface area contributed by atoms with Crippen molar-refractivity contribution in [1.82, 2.24) is 15.0 Å². The molecule has 2 atom stereocenters. The van der Waals surface area contributed by atoms with Crippen molar-refractivity contribution in [2.24, 2.45) is 5.92 Å². The lowest BCUT2D eigenvalue weighted by atomic mass is 9.98. The van der Waals surface area contributed by atoms with E-state index in [0.29, 0.717) is 5.92 Å². The second-order valence-corrected chi connectivity index (χ2v) is 6.40. The number of para-hydroxylation sites is 2. The predicted octanol–water partition coefficient (Wildman–Crippen LogP) is 3.49. The van der Waals surface area contributed by atoms with Crippen LogP contribution in [-0.2, 0) is 4.74 Å². The van der Waals surface area contributed by atoms with E-state index in [-0.39, 0.29) is 6.23 Å². The molecule has 0 spiro atoms. The summed E-state index contributed by atoms with van der Waals surface area (Å²) in [6.07, 6.45) is 2.17. The van der Waals surface area contributed by atoms with Gasteiger partial charge in [0.15, 0.2) is 6.23 Å². The highest BCUT2D eigenvalue weighted by atomic mass is 16.5. The van der Waals surface area contributed by atoms with Crippen LogP contribution in [0.25, 0.3) is 11.0 Å². The van der Waals surface area contributed by atoms with Crippen molar-refractivity contribution in [2.75, 3.05) is 25.1 Å². The van der Waals surface area contributed by atoms with Crippen LogP contribution in [0.4, 0.5) is 5.69 Å². The molecule has 0 aliphatic carbocycles. The SMILES string of the molecule is CN(C[C@H]1CCCO[C@@H]1n1nnc2ccccc21)c1ccccc1. The Morgan fingerprint density at radius 1 is 1.12 bits per heavy atom. The quantitative estimate of drug-likeness (QED) is 0.737. The van der Waals surface area contributed by atoms with E-state index in [1.54, 1.807) is 0 Å². The van der Waals surface area contributed by atoms with Crippen LogP contribution in [0.3, 0.4) is 0 Å². The Hall–Kier alpha value is -2.40. The van der Waals surface area contributed by atoms with Crippen LogP contribution in [0.5, 0.6) is 0 Å². The summed E-state index contributed by atoms with van der Waals surface area (Å²) >= 11 is 0. The lowest BCUT2D eigenvalue weighted by Crippen LogP contribution is -2.36. The van der Waals surface area contributed by atoms with Crippen LogP contribution in [0.2, 0.25) is 0 Å². The topological polar surface area (TPSA) is 43.2 Å². The third-order valence-corrected chi connectivity index (χ3v) is 4.73. The number of fused-ring (bicyclic) bond motifs is 1. The Morgan fingerprint density at radius 3 is 2.79 bits per heavy atom. The third kappa shape index (κ3) is 2.87. The predicted molar refractivity (Wildman–Crippen MR) is 95.0 cm³/mol. The molecule has 2 aromatic carbocycles. The summed E-state index contributed by atoms with van der Waals surface area (Å²) in [7, 11) is 2.14. The van der Waals surface area contributed by atoms with Crippen molar-refractivity contribution in [3.63, 3.8) is 0 Å². The minimum absolute atomic E-state index is 0.0580. The lowest BCUT2D eigenvalue weighted by Gasteiger charge is -2.35. The van der Waals surface area contributed by atoms with Crippen molar-refractivity contribution in [2.45, 2.75) is 19.1 Å². The molecule has 5 nitrogen and oxygen atoms in total. The van der Waals surface area contributed by atoms with E-state index in [4.69, 9.17) is 4.74 Å². The van der Waals surface area contributed by atoms with Gasteiger partial charge in [-0.25, -0.2) is 4.68 Å². The molecule has 0 unspecified atom stereocenters. The zero-order valence-electron chi connectivity index (χ0n) is 13.9. The second kappa shape index (κ2) is 6.61. The van der Waals surface area contributed by atoms with Gasteiger partial charge in [0.05, 0.1) is 5.52 Å². The van der Waals surface area contributed by atoms with Crippen LogP contribution < -0.4 is 4.90 Å². The van der Waals surface area contributed by atoms with Gasteiger partial charge in [-0.15, -0.1) is 5.10 Å². The maximum Gasteiger partial charge on any atom is 0.157 e. The maximum atomic E-state index is 6.11. The summed E-state index contributed by atoms with van der Waals surface area (Å²) in [6.45, 7) is 1.72. The Morgan fingerprint density at radius 2 is 1.92 bits per heavy atom. The van der Waals surface area contributed by atoms with Gasteiger partial charge in [0, 0.05) is 31.8 Å². The molecule has 24 heavy (non-hydrogen) atoms. The van der Waals surface area contributed by atoms with Crippen LogP contribution in [0.1, 0.15) is 19.1 Å².